The highest BCUT2D eigenvalue weighted by atomic mass is 16.5. The minimum atomic E-state index is 0.619. The van der Waals surface area contributed by atoms with Crippen molar-refractivity contribution in [2.45, 2.75) is 0 Å². The molecule has 1 aliphatic heterocycles. The number of aliphatic imine (C=N–C) groups is 1. The Labute approximate surface area is 77.6 Å². The summed E-state index contributed by atoms with van der Waals surface area (Å²) in [7, 11) is 1.77. The lowest BCUT2D eigenvalue weighted by atomic mass is 10.1. The van der Waals surface area contributed by atoms with E-state index in [0.717, 1.165) is 16.9 Å². The summed E-state index contributed by atoms with van der Waals surface area (Å²) >= 11 is 0. The Morgan fingerprint density at radius 2 is 2.23 bits per heavy atom. The van der Waals surface area contributed by atoms with Crippen molar-refractivity contribution in [2.24, 2.45) is 4.99 Å². The van der Waals surface area contributed by atoms with Crippen LogP contribution in [0.5, 0.6) is 5.75 Å². The lowest BCUT2D eigenvalue weighted by molar-refractivity contribution is 0.353. The monoisotopic (exact) mass is 173 g/mol. The molecule has 0 unspecified atom stereocenters. The summed E-state index contributed by atoms with van der Waals surface area (Å²) in [5.74, 6) is 0.954. The number of para-hydroxylation sites is 1. The van der Waals surface area contributed by atoms with Gasteiger partial charge in [-0.3, -0.25) is 4.99 Å². The maximum Gasteiger partial charge on any atom is 0.127 e. The Morgan fingerprint density at radius 3 is 3.08 bits per heavy atom. The fourth-order valence-electron chi connectivity index (χ4n) is 1.37. The summed E-state index contributed by atoms with van der Waals surface area (Å²) in [5.41, 5.74) is 2.24. The molecule has 0 spiro atoms. The molecule has 0 bridgehead atoms. The van der Waals surface area contributed by atoms with Crippen molar-refractivity contribution in [1.82, 2.24) is 0 Å². The Morgan fingerprint density at radius 1 is 1.38 bits per heavy atom. The van der Waals surface area contributed by atoms with Gasteiger partial charge in [0.15, 0.2) is 0 Å². The van der Waals surface area contributed by atoms with Gasteiger partial charge in [0.25, 0.3) is 0 Å². The third kappa shape index (κ3) is 1.61. The number of nitrogens with zero attached hydrogens (tertiary/aromatic N) is 1. The van der Waals surface area contributed by atoms with Crippen LogP contribution in [0.15, 0.2) is 34.8 Å². The molecule has 0 amide bonds. The molecule has 0 saturated carbocycles. The first kappa shape index (κ1) is 8.05. The van der Waals surface area contributed by atoms with E-state index in [1.807, 2.05) is 30.5 Å². The zero-order chi connectivity index (χ0) is 9.10. The van der Waals surface area contributed by atoms with Crippen LogP contribution in [0.25, 0.3) is 6.08 Å². The second kappa shape index (κ2) is 3.44. The second-order valence-electron chi connectivity index (χ2n) is 2.93. The maximum absolute atomic E-state index is 5.53. The van der Waals surface area contributed by atoms with Gasteiger partial charge in [0.1, 0.15) is 12.4 Å². The van der Waals surface area contributed by atoms with E-state index >= 15 is 0 Å². The van der Waals surface area contributed by atoms with Crippen LogP contribution in [-0.4, -0.2) is 19.9 Å². The minimum absolute atomic E-state index is 0.619. The number of benzene rings is 1. The Balaban J connectivity index is 2.38. The van der Waals surface area contributed by atoms with Gasteiger partial charge in [-0.25, -0.2) is 0 Å². The normalized spacial score (nSPS) is 15.0. The minimum Gasteiger partial charge on any atom is -0.488 e. The van der Waals surface area contributed by atoms with E-state index in [1.165, 1.54) is 0 Å². The molecule has 2 rings (SSSR count). The molecule has 2 heteroatoms. The largest absolute Gasteiger partial charge is 0.488 e. The molecule has 1 aliphatic rings. The number of rotatable bonds is 1. The van der Waals surface area contributed by atoms with Gasteiger partial charge in [0.05, 0.1) is 0 Å². The van der Waals surface area contributed by atoms with Crippen molar-refractivity contribution in [2.75, 3.05) is 13.7 Å². The lowest BCUT2D eigenvalue weighted by Crippen LogP contribution is -2.07. The topological polar surface area (TPSA) is 21.6 Å². The fraction of sp³-hybridized carbons (Fsp3) is 0.182. The highest BCUT2D eigenvalue weighted by Crippen LogP contribution is 2.24. The first-order valence-electron chi connectivity index (χ1n) is 4.25. The third-order valence-corrected chi connectivity index (χ3v) is 1.95. The summed E-state index contributed by atoms with van der Waals surface area (Å²) in [6.45, 7) is 0.619. The van der Waals surface area contributed by atoms with Crippen molar-refractivity contribution in [1.29, 1.82) is 0 Å². The summed E-state index contributed by atoms with van der Waals surface area (Å²) in [5, 5.41) is 0. The third-order valence-electron chi connectivity index (χ3n) is 1.95. The summed E-state index contributed by atoms with van der Waals surface area (Å²) in [6.07, 6.45) is 3.93. The Kier molecular flexibility index (Phi) is 2.13. The van der Waals surface area contributed by atoms with E-state index in [2.05, 4.69) is 11.1 Å². The van der Waals surface area contributed by atoms with Crippen molar-refractivity contribution in [3.05, 3.63) is 35.4 Å². The lowest BCUT2D eigenvalue weighted by Gasteiger charge is -2.14. The zero-order valence-electron chi connectivity index (χ0n) is 7.53. The molecule has 13 heavy (non-hydrogen) atoms. The smallest absolute Gasteiger partial charge is 0.127 e. The molecule has 1 heterocycles. The second-order valence-corrected chi connectivity index (χ2v) is 2.93. The van der Waals surface area contributed by atoms with Crippen LogP contribution in [0, 0.1) is 0 Å². The molecular weight excluding hydrogens is 162 g/mol. The summed E-state index contributed by atoms with van der Waals surface area (Å²) < 4.78 is 5.53. The summed E-state index contributed by atoms with van der Waals surface area (Å²) in [4.78, 5) is 3.96. The van der Waals surface area contributed by atoms with Crippen LogP contribution >= 0.6 is 0 Å². The van der Waals surface area contributed by atoms with Crippen molar-refractivity contribution < 1.29 is 4.74 Å². The van der Waals surface area contributed by atoms with E-state index in [0.29, 0.717) is 6.61 Å². The van der Waals surface area contributed by atoms with Crippen molar-refractivity contribution in [3.63, 3.8) is 0 Å². The predicted molar refractivity (Wildman–Crippen MR) is 54.3 cm³/mol. The van der Waals surface area contributed by atoms with Gasteiger partial charge in [0.2, 0.25) is 0 Å². The highest BCUT2D eigenvalue weighted by molar-refractivity contribution is 5.87. The zero-order valence-corrected chi connectivity index (χ0v) is 7.53. The fourth-order valence-corrected chi connectivity index (χ4v) is 1.37. The van der Waals surface area contributed by atoms with Gasteiger partial charge in [-0.1, -0.05) is 18.2 Å². The SMILES string of the molecule is CN=CC1=Cc2ccccc2OC1. The molecule has 0 atom stereocenters. The van der Waals surface area contributed by atoms with Crippen LogP contribution in [-0.2, 0) is 0 Å². The predicted octanol–water partition coefficient (Wildman–Crippen LogP) is 2.16. The van der Waals surface area contributed by atoms with Crippen LogP contribution in [0.3, 0.4) is 0 Å². The van der Waals surface area contributed by atoms with Crippen LogP contribution in [0.2, 0.25) is 0 Å². The van der Waals surface area contributed by atoms with E-state index < -0.39 is 0 Å². The molecule has 1 aromatic rings. The molecular formula is C11H11NO. The number of hydrogen-bond acceptors (Lipinski definition) is 2. The van der Waals surface area contributed by atoms with Gasteiger partial charge in [-0.2, -0.15) is 0 Å². The average Bonchev–Trinajstić information content (AvgIpc) is 2.18. The molecule has 0 aromatic heterocycles. The van der Waals surface area contributed by atoms with E-state index in [9.17, 15) is 0 Å². The molecule has 0 fully saturated rings. The van der Waals surface area contributed by atoms with E-state index in [1.54, 1.807) is 7.05 Å². The Bertz CT molecular complexity index is 366. The number of fused-ring (bicyclic) bond motifs is 1. The highest BCUT2D eigenvalue weighted by Gasteiger charge is 2.07. The maximum atomic E-state index is 5.53. The Hall–Kier alpha value is -1.57. The van der Waals surface area contributed by atoms with Crippen LogP contribution < -0.4 is 4.74 Å². The van der Waals surface area contributed by atoms with Crippen molar-refractivity contribution >= 4 is 12.3 Å². The van der Waals surface area contributed by atoms with Gasteiger partial charge in [0, 0.05) is 24.4 Å². The molecule has 2 nitrogen and oxygen atoms in total. The van der Waals surface area contributed by atoms with Gasteiger partial charge >= 0.3 is 0 Å². The quantitative estimate of drug-likeness (QED) is 0.596. The first-order valence-corrected chi connectivity index (χ1v) is 4.25. The number of hydrogen-bond donors (Lipinski definition) is 0. The van der Waals surface area contributed by atoms with E-state index in [4.69, 9.17) is 4.74 Å². The molecule has 0 N–H and O–H groups in total. The average molecular weight is 173 g/mol. The van der Waals surface area contributed by atoms with Crippen LogP contribution in [0.1, 0.15) is 5.56 Å². The first-order chi connectivity index (χ1) is 6.40. The van der Waals surface area contributed by atoms with Gasteiger partial charge in [-0.15, -0.1) is 0 Å². The van der Waals surface area contributed by atoms with Crippen molar-refractivity contribution in [3.8, 4) is 5.75 Å². The van der Waals surface area contributed by atoms with Crippen LogP contribution in [0.4, 0.5) is 0 Å². The number of ether oxygens (including phenoxy) is 1. The molecule has 0 aliphatic carbocycles. The summed E-state index contributed by atoms with van der Waals surface area (Å²) in [6, 6.07) is 8.00. The van der Waals surface area contributed by atoms with E-state index in [-0.39, 0.29) is 0 Å². The van der Waals surface area contributed by atoms with Gasteiger partial charge < -0.3 is 4.74 Å². The molecule has 66 valence electrons. The standard InChI is InChI=1S/C11H11NO/c1-12-7-9-6-10-4-2-3-5-11(10)13-8-9/h2-7H,8H2,1H3. The molecule has 0 saturated heterocycles. The molecule has 0 radical (unpaired) electrons. The molecule has 1 aromatic carbocycles. The van der Waals surface area contributed by atoms with Gasteiger partial charge in [-0.05, 0) is 12.1 Å².